The van der Waals surface area contributed by atoms with Gasteiger partial charge in [0.05, 0.1) is 0 Å². The first-order valence-electron chi connectivity index (χ1n) is 10.2. The Balaban J connectivity index is 1.78. The molecule has 1 saturated heterocycles. The summed E-state index contributed by atoms with van der Waals surface area (Å²) in [6.07, 6.45) is 4.88. The van der Waals surface area contributed by atoms with Crippen LogP contribution in [-0.4, -0.2) is 18.1 Å². The number of benzene rings is 2. The van der Waals surface area contributed by atoms with Crippen LogP contribution in [0, 0.1) is 6.92 Å². The number of aryl methyl sites for hydroxylation is 1. The lowest BCUT2D eigenvalue weighted by molar-refractivity contribution is -0.124. The summed E-state index contributed by atoms with van der Waals surface area (Å²) in [5, 5.41) is 3.35. The SMILES string of the molecule is Cc1ccc2c(c1)C(C)(C)[C@@]1(/C=C/c3ccc(C(C)C)cc3)NC(=O)CCN21. The molecule has 0 aliphatic carbocycles. The third kappa shape index (κ3) is 2.76. The molecule has 0 unspecified atom stereocenters. The van der Waals surface area contributed by atoms with Gasteiger partial charge in [-0.05, 0) is 41.7 Å². The van der Waals surface area contributed by atoms with Gasteiger partial charge in [-0.2, -0.15) is 0 Å². The molecule has 0 spiro atoms. The molecule has 1 N–H and O–H groups in total. The molecule has 3 nitrogen and oxygen atoms in total. The summed E-state index contributed by atoms with van der Waals surface area (Å²) < 4.78 is 0. The molecular weight excluding hydrogens is 344 g/mol. The maximum absolute atomic E-state index is 12.5. The molecule has 1 atom stereocenters. The summed E-state index contributed by atoms with van der Waals surface area (Å²) in [7, 11) is 0. The Kier molecular flexibility index (Phi) is 4.37. The van der Waals surface area contributed by atoms with Crippen LogP contribution in [0.1, 0.15) is 62.3 Å². The van der Waals surface area contributed by atoms with Gasteiger partial charge in [-0.15, -0.1) is 0 Å². The van der Waals surface area contributed by atoms with E-state index in [0.717, 1.165) is 12.1 Å². The smallest absolute Gasteiger partial charge is 0.223 e. The number of nitrogens with zero attached hydrogens (tertiary/aromatic N) is 1. The molecule has 0 aromatic heterocycles. The Morgan fingerprint density at radius 2 is 1.82 bits per heavy atom. The Hall–Kier alpha value is -2.55. The summed E-state index contributed by atoms with van der Waals surface area (Å²) in [4.78, 5) is 14.9. The average Bonchev–Trinajstić information content (AvgIpc) is 2.84. The Bertz CT molecular complexity index is 940. The minimum absolute atomic E-state index is 0.119. The van der Waals surface area contributed by atoms with Gasteiger partial charge < -0.3 is 10.2 Å². The molecule has 4 rings (SSSR count). The van der Waals surface area contributed by atoms with Gasteiger partial charge in [0.1, 0.15) is 5.66 Å². The van der Waals surface area contributed by atoms with Gasteiger partial charge in [-0.25, -0.2) is 0 Å². The fourth-order valence-corrected chi connectivity index (χ4v) is 4.68. The number of hydrogen-bond acceptors (Lipinski definition) is 2. The molecule has 146 valence electrons. The highest BCUT2D eigenvalue weighted by molar-refractivity contribution is 5.84. The largest absolute Gasteiger partial charge is 0.344 e. The van der Waals surface area contributed by atoms with Crippen molar-refractivity contribution < 1.29 is 4.79 Å². The number of carbonyl (C=O) groups excluding carboxylic acids is 1. The van der Waals surface area contributed by atoms with Crippen molar-refractivity contribution in [2.45, 2.75) is 58.0 Å². The van der Waals surface area contributed by atoms with Crippen molar-refractivity contribution in [1.29, 1.82) is 0 Å². The highest BCUT2D eigenvalue weighted by atomic mass is 16.2. The van der Waals surface area contributed by atoms with Crippen molar-refractivity contribution in [3.05, 3.63) is 70.8 Å². The maximum Gasteiger partial charge on any atom is 0.223 e. The van der Waals surface area contributed by atoms with Crippen LogP contribution in [-0.2, 0) is 10.2 Å². The van der Waals surface area contributed by atoms with Gasteiger partial charge in [-0.3, -0.25) is 4.79 Å². The Morgan fingerprint density at radius 1 is 1.11 bits per heavy atom. The number of nitrogens with one attached hydrogen (secondary N) is 1. The van der Waals surface area contributed by atoms with Crippen molar-refractivity contribution in [3.63, 3.8) is 0 Å². The zero-order valence-corrected chi connectivity index (χ0v) is 17.5. The molecule has 2 heterocycles. The van der Waals surface area contributed by atoms with Crippen molar-refractivity contribution in [2.75, 3.05) is 11.4 Å². The second kappa shape index (κ2) is 6.51. The van der Waals surface area contributed by atoms with Crippen LogP contribution in [0.15, 0.2) is 48.5 Å². The highest BCUT2D eigenvalue weighted by Gasteiger charge is 2.57. The summed E-state index contributed by atoms with van der Waals surface area (Å²) >= 11 is 0. The van der Waals surface area contributed by atoms with Gasteiger partial charge in [-0.1, -0.05) is 75.7 Å². The number of anilines is 1. The van der Waals surface area contributed by atoms with E-state index in [-0.39, 0.29) is 11.3 Å². The van der Waals surface area contributed by atoms with E-state index >= 15 is 0 Å². The van der Waals surface area contributed by atoms with E-state index in [0.29, 0.717) is 12.3 Å². The van der Waals surface area contributed by atoms with Crippen LogP contribution >= 0.6 is 0 Å². The summed E-state index contributed by atoms with van der Waals surface area (Å²) in [6.45, 7) is 11.8. The first-order chi connectivity index (χ1) is 13.2. The van der Waals surface area contributed by atoms with E-state index in [2.05, 4.69) is 99.5 Å². The van der Waals surface area contributed by atoms with E-state index in [9.17, 15) is 4.79 Å². The zero-order valence-electron chi connectivity index (χ0n) is 17.5. The van der Waals surface area contributed by atoms with Gasteiger partial charge in [0.25, 0.3) is 0 Å². The number of hydrogen-bond donors (Lipinski definition) is 1. The van der Waals surface area contributed by atoms with Crippen molar-refractivity contribution >= 4 is 17.7 Å². The highest BCUT2D eigenvalue weighted by Crippen LogP contribution is 2.52. The third-order valence-corrected chi connectivity index (χ3v) is 6.51. The molecule has 28 heavy (non-hydrogen) atoms. The predicted molar refractivity (Wildman–Crippen MR) is 117 cm³/mol. The van der Waals surface area contributed by atoms with E-state index < -0.39 is 5.66 Å². The van der Waals surface area contributed by atoms with Crippen molar-refractivity contribution in [3.8, 4) is 0 Å². The van der Waals surface area contributed by atoms with Crippen molar-refractivity contribution in [2.24, 2.45) is 0 Å². The lowest BCUT2D eigenvalue weighted by Crippen LogP contribution is -2.68. The van der Waals surface area contributed by atoms with Crippen LogP contribution in [0.3, 0.4) is 0 Å². The number of carbonyl (C=O) groups is 1. The zero-order chi connectivity index (χ0) is 20.1. The molecule has 2 aromatic rings. The van der Waals surface area contributed by atoms with Gasteiger partial charge >= 0.3 is 0 Å². The van der Waals surface area contributed by atoms with Crippen LogP contribution < -0.4 is 10.2 Å². The summed E-state index contributed by atoms with van der Waals surface area (Å²) in [5.41, 5.74) is 5.49. The fraction of sp³-hybridized carbons (Fsp3) is 0.400. The fourth-order valence-electron chi connectivity index (χ4n) is 4.68. The first-order valence-corrected chi connectivity index (χ1v) is 10.2. The van der Waals surface area contributed by atoms with Crippen molar-refractivity contribution in [1.82, 2.24) is 5.32 Å². The second-order valence-electron chi connectivity index (χ2n) is 9.02. The average molecular weight is 375 g/mol. The molecule has 2 aliphatic rings. The standard InChI is InChI=1S/C25H30N2O/c1-17(2)20-9-7-19(8-10-20)12-14-25-24(4,5)21-16-18(3)6-11-22(21)27(25)15-13-23(28)26-25/h6-12,14,16-17H,13,15H2,1-5H3,(H,26,28)/b14-12+/t25-/m0/s1. The predicted octanol–water partition coefficient (Wildman–Crippen LogP) is 5.15. The quantitative estimate of drug-likeness (QED) is 0.806. The summed E-state index contributed by atoms with van der Waals surface area (Å²) in [6, 6.07) is 15.3. The molecule has 0 bridgehead atoms. The minimum atomic E-state index is -0.546. The maximum atomic E-state index is 12.5. The molecule has 0 radical (unpaired) electrons. The van der Waals surface area contributed by atoms with E-state index in [4.69, 9.17) is 0 Å². The monoisotopic (exact) mass is 374 g/mol. The number of amides is 1. The van der Waals surface area contributed by atoms with Gasteiger partial charge in [0, 0.05) is 24.1 Å². The van der Waals surface area contributed by atoms with Crippen LogP contribution in [0.5, 0.6) is 0 Å². The lowest BCUT2D eigenvalue weighted by Gasteiger charge is -2.49. The normalized spacial score (nSPS) is 23.1. The topological polar surface area (TPSA) is 32.3 Å². The van der Waals surface area contributed by atoms with E-state index in [1.807, 2.05) is 0 Å². The Morgan fingerprint density at radius 3 is 2.50 bits per heavy atom. The molecule has 1 amide bonds. The minimum Gasteiger partial charge on any atom is -0.344 e. The molecule has 0 saturated carbocycles. The Labute approximate surface area is 168 Å². The van der Waals surface area contributed by atoms with Crippen LogP contribution in [0.25, 0.3) is 6.08 Å². The number of rotatable bonds is 3. The van der Waals surface area contributed by atoms with Gasteiger partial charge in [0.15, 0.2) is 0 Å². The second-order valence-corrected chi connectivity index (χ2v) is 9.02. The van der Waals surface area contributed by atoms with E-state index in [1.54, 1.807) is 0 Å². The molecule has 2 aromatic carbocycles. The van der Waals surface area contributed by atoms with Crippen LogP contribution in [0.4, 0.5) is 5.69 Å². The lowest BCUT2D eigenvalue weighted by atomic mass is 9.74. The number of fused-ring (bicyclic) bond motifs is 3. The van der Waals surface area contributed by atoms with Gasteiger partial charge in [0.2, 0.25) is 5.91 Å². The molecular formula is C25H30N2O. The van der Waals surface area contributed by atoms with E-state index in [1.165, 1.54) is 22.4 Å². The first kappa shape index (κ1) is 18.8. The van der Waals surface area contributed by atoms with Crippen LogP contribution in [0.2, 0.25) is 0 Å². The molecule has 2 aliphatic heterocycles. The third-order valence-electron chi connectivity index (χ3n) is 6.51. The summed E-state index contributed by atoms with van der Waals surface area (Å²) in [5.74, 6) is 0.643. The molecule has 3 heteroatoms. The molecule has 1 fully saturated rings.